The van der Waals surface area contributed by atoms with Gasteiger partial charge in [0, 0.05) is 5.54 Å². The van der Waals surface area contributed by atoms with Crippen molar-refractivity contribution in [1.29, 1.82) is 0 Å². The van der Waals surface area contributed by atoms with Crippen molar-refractivity contribution in [1.82, 2.24) is 0 Å². The molecule has 0 fully saturated rings. The fraction of sp³-hybridized carbons (Fsp3) is 0.500. The predicted octanol–water partition coefficient (Wildman–Crippen LogP) is 3.81. The Bertz CT molecular complexity index is 168. The van der Waals surface area contributed by atoms with Crippen LogP contribution in [-0.2, 0) is 0 Å². The summed E-state index contributed by atoms with van der Waals surface area (Å²) >= 11 is 11.3. The molecule has 56 valence electrons. The molecule has 2 heteroatoms. The van der Waals surface area contributed by atoms with Gasteiger partial charge in [-0.3, -0.25) is 0 Å². The van der Waals surface area contributed by atoms with Crippen molar-refractivity contribution < 1.29 is 0 Å². The van der Waals surface area contributed by atoms with Crippen LogP contribution < -0.4 is 0 Å². The molecule has 0 atom stereocenters. The van der Waals surface area contributed by atoms with E-state index < -0.39 is 0 Å². The molecule has 0 aromatic heterocycles. The molecule has 1 aliphatic carbocycles. The molecule has 0 aliphatic heterocycles. The third kappa shape index (κ3) is 2.03. The maximum Gasteiger partial charge on any atom is 0.0547 e. The molecular weight excluding hydrogens is 167 g/mol. The van der Waals surface area contributed by atoms with Gasteiger partial charge in [-0.2, -0.15) is 0 Å². The molecule has 0 bridgehead atoms. The maximum absolute atomic E-state index is 5.80. The van der Waals surface area contributed by atoms with Crippen LogP contribution in [-0.4, -0.2) is 0 Å². The lowest BCUT2D eigenvalue weighted by Crippen LogP contribution is -1.90. The lowest BCUT2D eigenvalue weighted by atomic mass is 10.00. The summed E-state index contributed by atoms with van der Waals surface area (Å²) in [4.78, 5) is 0. The minimum Gasteiger partial charge on any atom is -0.0913 e. The molecule has 0 heterocycles. The van der Waals surface area contributed by atoms with Crippen LogP contribution in [0, 0.1) is 0 Å². The SMILES string of the molecule is Cl/C=C(\Cl)C1=CCCCC1. The highest BCUT2D eigenvalue weighted by atomic mass is 35.5. The first-order valence-corrected chi connectivity index (χ1v) is 4.31. The number of rotatable bonds is 1. The van der Waals surface area contributed by atoms with Crippen molar-refractivity contribution in [3.05, 3.63) is 22.2 Å². The van der Waals surface area contributed by atoms with E-state index in [0.717, 1.165) is 12.8 Å². The van der Waals surface area contributed by atoms with Crippen LogP contribution >= 0.6 is 23.2 Å². The van der Waals surface area contributed by atoms with E-state index in [1.165, 1.54) is 23.9 Å². The molecule has 0 saturated carbocycles. The number of halogens is 2. The molecule has 10 heavy (non-hydrogen) atoms. The summed E-state index contributed by atoms with van der Waals surface area (Å²) in [5.74, 6) is 0. The zero-order chi connectivity index (χ0) is 7.40. The Balaban J connectivity index is 2.62. The van der Waals surface area contributed by atoms with E-state index in [0.29, 0.717) is 5.03 Å². The summed E-state index contributed by atoms with van der Waals surface area (Å²) in [6, 6.07) is 0. The highest BCUT2D eigenvalue weighted by molar-refractivity contribution is 6.38. The largest absolute Gasteiger partial charge is 0.0913 e. The van der Waals surface area contributed by atoms with Gasteiger partial charge in [0.15, 0.2) is 0 Å². The van der Waals surface area contributed by atoms with Gasteiger partial charge >= 0.3 is 0 Å². The summed E-state index contributed by atoms with van der Waals surface area (Å²) in [6.45, 7) is 0. The number of hydrogen-bond acceptors (Lipinski definition) is 0. The van der Waals surface area contributed by atoms with Crippen molar-refractivity contribution in [2.24, 2.45) is 0 Å². The van der Waals surface area contributed by atoms with Gasteiger partial charge in [0.05, 0.1) is 5.03 Å². The van der Waals surface area contributed by atoms with Crippen LogP contribution in [0.5, 0.6) is 0 Å². The van der Waals surface area contributed by atoms with E-state index in [-0.39, 0.29) is 0 Å². The van der Waals surface area contributed by atoms with Crippen molar-refractivity contribution in [2.45, 2.75) is 25.7 Å². The Morgan fingerprint density at radius 2 is 2.30 bits per heavy atom. The van der Waals surface area contributed by atoms with Gasteiger partial charge in [-0.05, 0) is 31.3 Å². The molecule has 0 N–H and O–H groups in total. The van der Waals surface area contributed by atoms with Gasteiger partial charge in [0.25, 0.3) is 0 Å². The molecule has 0 aromatic carbocycles. The van der Waals surface area contributed by atoms with E-state index in [9.17, 15) is 0 Å². The standard InChI is InChI=1S/C8H10Cl2/c9-6-8(10)7-4-2-1-3-5-7/h4,6H,1-3,5H2/b8-6-. The first-order chi connectivity index (χ1) is 4.84. The van der Waals surface area contributed by atoms with Crippen LogP contribution in [0.25, 0.3) is 0 Å². The zero-order valence-corrected chi connectivity index (χ0v) is 7.25. The summed E-state index contributed by atoms with van der Waals surface area (Å²) < 4.78 is 0. The van der Waals surface area contributed by atoms with Crippen LogP contribution in [0.1, 0.15) is 25.7 Å². The highest BCUT2D eigenvalue weighted by Gasteiger charge is 2.05. The lowest BCUT2D eigenvalue weighted by molar-refractivity contribution is 0.710. The fourth-order valence-corrected chi connectivity index (χ4v) is 1.44. The van der Waals surface area contributed by atoms with Gasteiger partial charge in [-0.15, -0.1) is 0 Å². The minimum atomic E-state index is 0.710. The van der Waals surface area contributed by atoms with Crippen molar-refractivity contribution in [2.75, 3.05) is 0 Å². The third-order valence-corrected chi connectivity index (χ3v) is 2.38. The fourth-order valence-electron chi connectivity index (χ4n) is 1.13. The Morgan fingerprint density at radius 1 is 1.50 bits per heavy atom. The smallest absolute Gasteiger partial charge is 0.0547 e. The van der Waals surface area contributed by atoms with E-state index in [4.69, 9.17) is 23.2 Å². The molecule has 0 unspecified atom stereocenters. The number of hydrogen-bond donors (Lipinski definition) is 0. The molecule has 0 aromatic rings. The predicted molar refractivity (Wildman–Crippen MR) is 46.3 cm³/mol. The first kappa shape index (κ1) is 8.16. The van der Waals surface area contributed by atoms with Gasteiger partial charge in [0.2, 0.25) is 0 Å². The van der Waals surface area contributed by atoms with Gasteiger partial charge in [-0.25, -0.2) is 0 Å². The summed E-state index contributed by atoms with van der Waals surface area (Å²) in [6.07, 6.45) is 6.94. The van der Waals surface area contributed by atoms with Crippen LogP contribution in [0.2, 0.25) is 0 Å². The average Bonchev–Trinajstić information content (AvgIpc) is 2.05. The van der Waals surface area contributed by atoms with Crippen LogP contribution in [0.15, 0.2) is 22.2 Å². The lowest BCUT2D eigenvalue weighted by Gasteiger charge is -2.10. The molecule has 0 saturated heterocycles. The van der Waals surface area contributed by atoms with Crippen molar-refractivity contribution in [3.63, 3.8) is 0 Å². The Kier molecular flexibility index (Phi) is 3.30. The molecule has 0 nitrogen and oxygen atoms in total. The molecule has 0 spiro atoms. The normalized spacial score (nSPS) is 20.6. The Labute approximate surface area is 71.5 Å². The zero-order valence-electron chi connectivity index (χ0n) is 5.74. The van der Waals surface area contributed by atoms with Crippen molar-refractivity contribution >= 4 is 23.2 Å². The first-order valence-electron chi connectivity index (χ1n) is 3.50. The highest BCUT2D eigenvalue weighted by Crippen LogP contribution is 2.26. The molecular formula is C8H10Cl2. The van der Waals surface area contributed by atoms with Crippen molar-refractivity contribution in [3.8, 4) is 0 Å². The summed E-state index contributed by atoms with van der Waals surface area (Å²) in [7, 11) is 0. The topological polar surface area (TPSA) is 0 Å². The minimum absolute atomic E-state index is 0.710. The second-order valence-corrected chi connectivity index (χ2v) is 3.06. The van der Waals surface area contributed by atoms with E-state index in [1.807, 2.05) is 0 Å². The third-order valence-electron chi connectivity index (χ3n) is 1.69. The average molecular weight is 177 g/mol. The second-order valence-electron chi connectivity index (χ2n) is 2.43. The molecule has 1 aliphatic rings. The summed E-state index contributed by atoms with van der Waals surface area (Å²) in [5, 5.41) is 0.710. The van der Waals surface area contributed by atoms with E-state index >= 15 is 0 Å². The van der Waals surface area contributed by atoms with Crippen LogP contribution in [0.3, 0.4) is 0 Å². The maximum atomic E-state index is 5.80. The van der Waals surface area contributed by atoms with Gasteiger partial charge < -0.3 is 0 Å². The van der Waals surface area contributed by atoms with E-state index in [1.54, 1.807) is 0 Å². The molecule has 0 radical (unpaired) electrons. The second kappa shape index (κ2) is 4.05. The molecule has 0 amide bonds. The van der Waals surface area contributed by atoms with Gasteiger partial charge in [-0.1, -0.05) is 29.3 Å². The summed E-state index contributed by atoms with van der Waals surface area (Å²) in [5.41, 5.74) is 2.65. The van der Waals surface area contributed by atoms with Gasteiger partial charge in [0.1, 0.15) is 0 Å². The molecule has 1 rings (SSSR count). The number of allylic oxidation sites excluding steroid dienone is 3. The Morgan fingerprint density at radius 3 is 2.80 bits per heavy atom. The van der Waals surface area contributed by atoms with E-state index in [2.05, 4.69) is 6.08 Å². The monoisotopic (exact) mass is 176 g/mol. The Hall–Kier alpha value is 0.0600. The van der Waals surface area contributed by atoms with Crippen LogP contribution in [0.4, 0.5) is 0 Å². The quantitative estimate of drug-likeness (QED) is 0.571.